The summed E-state index contributed by atoms with van der Waals surface area (Å²) in [6.45, 7) is -0.557. The van der Waals surface area contributed by atoms with E-state index in [1.807, 2.05) is 0 Å². The van der Waals surface area contributed by atoms with Gasteiger partial charge < -0.3 is 13.7 Å². The van der Waals surface area contributed by atoms with Gasteiger partial charge in [-0.3, -0.25) is 10.1 Å². The summed E-state index contributed by atoms with van der Waals surface area (Å²) in [6.07, 6.45) is -3.13. The number of hydrogen-bond donors (Lipinski definition) is 1. The van der Waals surface area contributed by atoms with Gasteiger partial charge in [0.15, 0.2) is 18.2 Å². The van der Waals surface area contributed by atoms with Crippen molar-refractivity contribution in [2.45, 2.75) is 12.7 Å². The number of carbonyl (C=O) groups is 1. The van der Waals surface area contributed by atoms with Gasteiger partial charge in [0.05, 0.1) is 29.4 Å². The van der Waals surface area contributed by atoms with Gasteiger partial charge in [-0.05, 0) is 42.5 Å². The lowest BCUT2D eigenvalue weighted by molar-refractivity contribution is -0.137. The number of amides is 1. The zero-order valence-corrected chi connectivity index (χ0v) is 16.1. The summed E-state index contributed by atoms with van der Waals surface area (Å²) in [6, 6.07) is 8.92. The van der Waals surface area contributed by atoms with Gasteiger partial charge in [-0.15, -0.1) is 0 Å². The molecule has 2 heterocycles. The Morgan fingerprint density at radius 3 is 2.62 bits per heavy atom. The van der Waals surface area contributed by atoms with Crippen molar-refractivity contribution in [3.8, 4) is 5.75 Å². The largest absolute Gasteiger partial charge is 0.481 e. The van der Waals surface area contributed by atoms with Gasteiger partial charge in [0.2, 0.25) is 5.95 Å². The van der Waals surface area contributed by atoms with Crippen LogP contribution in [0.15, 0.2) is 59.2 Å². The maximum atomic E-state index is 13.7. The molecule has 0 aliphatic carbocycles. The number of aromatic nitrogens is 2. The molecule has 0 atom stereocenters. The van der Waals surface area contributed by atoms with Crippen LogP contribution in [0, 0.1) is 11.6 Å². The van der Waals surface area contributed by atoms with Crippen LogP contribution in [-0.4, -0.2) is 22.1 Å². The number of imidazole rings is 1. The van der Waals surface area contributed by atoms with E-state index in [1.165, 1.54) is 16.9 Å². The third-order valence-electron chi connectivity index (χ3n) is 4.47. The van der Waals surface area contributed by atoms with Crippen LogP contribution in [-0.2, 0) is 17.5 Å². The highest BCUT2D eigenvalue weighted by molar-refractivity contribution is 5.92. The van der Waals surface area contributed by atoms with E-state index in [0.717, 1.165) is 24.3 Å². The van der Waals surface area contributed by atoms with E-state index in [4.69, 9.17) is 9.15 Å². The van der Waals surface area contributed by atoms with Crippen LogP contribution in [0.1, 0.15) is 11.3 Å². The maximum Gasteiger partial charge on any atom is 0.416 e. The lowest BCUT2D eigenvalue weighted by Gasteiger charge is -2.10. The fraction of sp³-hybridized carbons (Fsp3) is 0.143. The molecule has 0 fully saturated rings. The van der Waals surface area contributed by atoms with Crippen molar-refractivity contribution in [3.63, 3.8) is 0 Å². The number of hydrogen-bond acceptors (Lipinski definition) is 4. The van der Waals surface area contributed by atoms with E-state index < -0.39 is 35.9 Å². The summed E-state index contributed by atoms with van der Waals surface area (Å²) in [5.41, 5.74) is -0.553. The number of halogens is 5. The lowest BCUT2D eigenvalue weighted by atomic mass is 10.2. The predicted molar refractivity (Wildman–Crippen MR) is 103 cm³/mol. The molecule has 4 rings (SSSR count). The van der Waals surface area contributed by atoms with Gasteiger partial charge in [-0.25, -0.2) is 13.8 Å². The Morgan fingerprint density at radius 1 is 1.12 bits per heavy atom. The van der Waals surface area contributed by atoms with Gasteiger partial charge in [0.1, 0.15) is 11.6 Å². The molecule has 166 valence electrons. The van der Waals surface area contributed by atoms with E-state index in [0.29, 0.717) is 17.3 Å². The monoisotopic (exact) mass is 451 g/mol. The summed E-state index contributed by atoms with van der Waals surface area (Å²) in [7, 11) is 0. The first-order valence-corrected chi connectivity index (χ1v) is 9.18. The van der Waals surface area contributed by atoms with E-state index in [2.05, 4.69) is 10.3 Å². The summed E-state index contributed by atoms with van der Waals surface area (Å²) < 4.78 is 77.6. The maximum absolute atomic E-state index is 13.7. The second kappa shape index (κ2) is 8.33. The van der Waals surface area contributed by atoms with Gasteiger partial charge in [-0.1, -0.05) is 0 Å². The van der Waals surface area contributed by atoms with Crippen molar-refractivity contribution in [2.75, 3.05) is 11.9 Å². The minimum atomic E-state index is -4.56. The number of anilines is 1. The van der Waals surface area contributed by atoms with Crippen molar-refractivity contribution in [1.29, 1.82) is 0 Å². The highest BCUT2D eigenvalue weighted by Crippen LogP contribution is 2.32. The number of alkyl halides is 3. The van der Waals surface area contributed by atoms with Gasteiger partial charge in [-0.2, -0.15) is 13.2 Å². The van der Waals surface area contributed by atoms with Crippen LogP contribution in [0.4, 0.5) is 27.9 Å². The van der Waals surface area contributed by atoms with E-state index in [9.17, 15) is 26.7 Å². The molecular formula is C21H14F5N3O3. The van der Waals surface area contributed by atoms with Gasteiger partial charge in [0.25, 0.3) is 5.91 Å². The smallest absolute Gasteiger partial charge is 0.416 e. The fourth-order valence-corrected chi connectivity index (χ4v) is 3.02. The molecular weight excluding hydrogens is 437 g/mol. The first-order valence-electron chi connectivity index (χ1n) is 9.18. The number of ether oxygens (including phenoxy) is 1. The molecule has 0 radical (unpaired) electrons. The topological polar surface area (TPSA) is 69.3 Å². The number of nitrogens with zero attached hydrogens (tertiary/aromatic N) is 2. The van der Waals surface area contributed by atoms with Crippen LogP contribution in [0.5, 0.6) is 5.75 Å². The number of furan rings is 1. The molecule has 1 amide bonds. The second-order valence-electron chi connectivity index (χ2n) is 6.71. The molecule has 0 bridgehead atoms. The summed E-state index contributed by atoms with van der Waals surface area (Å²) >= 11 is 0. The molecule has 11 heteroatoms. The molecule has 0 saturated heterocycles. The second-order valence-corrected chi connectivity index (χ2v) is 6.71. The normalized spacial score (nSPS) is 11.7. The number of benzene rings is 2. The molecule has 6 nitrogen and oxygen atoms in total. The molecule has 2 aromatic carbocycles. The first kappa shape index (κ1) is 21.3. The number of nitrogens with one attached hydrogen (secondary N) is 1. The molecule has 0 unspecified atom stereocenters. The third-order valence-corrected chi connectivity index (χ3v) is 4.47. The predicted octanol–water partition coefficient (Wildman–Crippen LogP) is 4.99. The number of fused-ring (bicyclic) bond motifs is 1. The molecule has 0 spiro atoms. The minimum Gasteiger partial charge on any atom is -0.481 e. The molecule has 1 N–H and O–H groups in total. The quantitative estimate of drug-likeness (QED) is 0.420. The lowest BCUT2D eigenvalue weighted by Crippen LogP contribution is -2.22. The van der Waals surface area contributed by atoms with Gasteiger partial charge in [0, 0.05) is 6.07 Å². The Kier molecular flexibility index (Phi) is 5.56. The molecule has 2 aromatic heterocycles. The SMILES string of the molecule is O=C(COc1ccc(F)cc1F)Nc1nc2cc(C(F)(F)F)ccc2n1Cc1ccco1. The average Bonchev–Trinajstić information content (AvgIpc) is 3.35. The average molecular weight is 451 g/mol. The van der Waals surface area contributed by atoms with E-state index in [1.54, 1.807) is 12.1 Å². The molecule has 0 aliphatic heterocycles. The van der Waals surface area contributed by atoms with Crippen LogP contribution >= 0.6 is 0 Å². The fourth-order valence-electron chi connectivity index (χ4n) is 3.02. The van der Waals surface area contributed by atoms with E-state index >= 15 is 0 Å². The zero-order chi connectivity index (χ0) is 22.9. The summed E-state index contributed by atoms with van der Waals surface area (Å²) in [5, 5.41) is 2.44. The number of rotatable bonds is 6. The van der Waals surface area contributed by atoms with Crippen molar-refractivity contribution in [3.05, 3.63) is 77.8 Å². The minimum absolute atomic E-state index is 0.00665. The molecule has 0 saturated carbocycles. The Labute approximate surface area is 177 Å². The van der Waals surface area contributed by atoms with Gasteiger partial charge >= 0.3 is 6.18 Å². The van der Waals surface area contributed by atoms with Crippen molar-refractivity contribution < 1.29 is 35.9 Å². The van der Waals surface area contributed by atoms with Crippen LogP contribution < -0.4 is 10.1 Å². The zero-order valence-electron chi connectivity index (χ0n) is 16.1. The Bertz CT molecular complexity index is 1270. The number of carbonyl (C=O) groups excluding carboxylic acids is 1. The van der Waals surface area contributed by atoms with Crippen molar-refractivity contribution in [1.82, 2.24) is 9.55 Å². The van der Waals surface area contributed by atoms with Crippen LogP contribution in [0.25, 0.3) is 11.0 Å². The van der Waals surface area contributed by atoms with E-state index in [-0.39, 0.29) is 23.8 Å². The third kappa shape index (κ3) is 4.56. The first-order chi connectivity index (χ1) is 15.2. The van der Waals surface area contributed by atoms with Crippen molar-refractivity contribution in [2.24, 2.45) is 0 Å². The summed E-state index contributed by atoms with van der Waals surface area (Å²) in [4.78, 5) is 16.4. The summed E-state index contributed by atoms with van der Waals surface area (Å²) in [5.74, 6) is -2.44. The Hall–Kier alpha value is -3.89. The highest BCUT2D eigenvalue weighted by Gasteiger charge is 2.31. The van der Waals surface area contributed by atoms with Crippen LogP contribution in [0.2, 0.25) is 0 Å². The standard InChI is InChI=1S/C21H14F5N3O3/c22-13-4-6-18(15(23)9-13)32-11-19(30)28-20-27-16-8-12(21(24,25)26)3-5-17(16)29(20)10-14-2-1-7-31-14/h1-9H,10-11H2,(H,27,28,30). The van der Waals surface area contributed by atoms with Crippen molar-refractivity contribution >= 4 is 22.9 Å². The molecule has 32 heavy (non-hydrogen) atoms. The molecule has 0 aliphatic rings. The highest BCUT2D eigenvalue weighted by atomic mass is 19.4. The molecule has 4 aromatic rings. The Morgan fingerprint density at radius 2 is 1.94 bits per heavy atom. The Balaban J connectivity index is 1.60. The van der Waals surface area contributed by atoms with Crippen LogP contribution in [0.3, 0.4) is 0 Å².